The van der Waals surface area contributed by atoms with Crippen LogP contribution >= 0.6 is 0 Å². The maximum absolute atomic E-state index is 4.09. The van der Waals surface area contributed by atoms with Gasteiger partial charge in [-0.05, 0) is 29.4 Å². The van der Waals surface area contributed by atoms with Gasteiger partial charge in [-0.25, -0.2) is 4.57 Å². The predicted molar refractivity (Wildman–Crippen MR) is 59.9 cm³/mol. The first-order valence-electron chi connectivity index (χ1n) is 4.88. The Bertz CT molecular complexity index is 484. The lowest BCUT2D eigenvalue weighted by Gasteiger charge is -1.97. The van der Waals surface area contributed by atoms with Crippen LogP contribution in [-0.4, -0.2) is 17.2 Å². The van der Waals surface area contributed by atoms with E-state index < -0.39 is 0 Å². The van der Waals surface area contributed by atoms with Crippen LogP contribution in [0.5, 0.6) is 0 Å². The van der Waals surface area contributed by atoms with Crippen LogP contribution in [0.25, 0.3) is 0 Å². The summed E-state index contributed by atoms with van der Waals surface area (Å²) in [5.74, 6) is 0.609. The molecule has 0 fully saturated rings. The van der Waals surface area contributed by atoms with Crippen molar-refractivity contribution in [3.63, 3.8) is 0 Å². The Kier molecular flexibility index (Phi) is 2.90. The van der Waals surface area contributed by atoms with Gasteiger partial charge in [0, 0.05) is 17.8 Å². The van der Waals surface area contributed by atoms with Crippen molar-refractivity contribution in [2.24, 2.45) is 17.3 Å². The maximum atomic E-state index is 4.09. The minimum Gasteiger partial charge on any atom is -0.388 e. The van der Waals surface area contributed by atoms with Crippen molar-refractivity contribution in [3.8, 4) is 0 Å². The Labute approximate surface area is 93.0 Å². The van der Waals surface area contributed by atoms with Crippen LogP contribution in [0.4, 0.5) is 17.3 Å². The summed E-state index contributed by atoms with van der Waals surface area (Å²) < 4.78 is 1.76. The van der Waals surface area contributed by atoms with Crippen molar-refractivity contribution in [2.75, 3.05) is 12.4 Å². The number of aromatic amines is 1. The number of benzene rings is 1. The zero-order valence-electron chi connectivity index (χ0n) is 9.18. The highest BCUT2D eigenvalue weighted by Gasteiger charge is 2.04. The third-order valence-corrected chi connectivity index (χ3v) is 2.15. The van der Waals surface area contributed by atoms with Gasteiger partial charge in [0.25, 0.3) is 0 Å². The summed E-state index contributed by atoms with van der Waals surface area (Å²) in [6.07, 6.45) is 1.64. The molecule has 1 heterocycles. The molecule has 0 bridgehead atoms. The van der Waals surface area contributed by atoms with Crippen LogP contribution < -0.4 is 9.88 Å². The number of hydrogen-bond donors (Lipinski definition) is 2. The molecule has 1 aromatic heterocycles. The summed E-state index contributed by atoms with van der Waals surface area (Å²) in [5, 5.41) is 17.7. The number of aromatic nitrogens is 3. The molecule has 2 N–H and O–H groups in total. The third-order valence-electron chi connectivity index (χ3n) is 2.15. The quantitative estimate of drug-likeness (QED) is 0.606. The van der Waals surface area contributed by atoms with E-state index in [-0.39, 0.29) is 0 Å². The first kappa shape index (κ1) is 10.3. The van der Waals surface area contributed by atoms with Crippen molar-refractivity contribution in [1.82, 2.24) is 10.2 Å². The van der Waals surface area contributed by atoms with E-state index in [1.54, 1.807) is 10.9 Å². The molecular weight excluding hydrogens is 204 g/mol. The number of aryl methyl sites for hydroxylation is 1. The molecule has 0 atom stereocenters. The van der Waals surface area contributed by atoms with Crippen molar-refractivity contribution >= 4 is 17.3 Å². The first-order valence-corrected chi connectivity index (χ1v) is 4.88. The van der Waals surface area contributed by atoms with Gasteiger partial charge in [0.05, 0.1) is 12.7 Å². The molecule has 0 unspecified atom stereocenters. The van der Waals surface area contributed by atoms with Gasteiger partial charge in [-0.3, -0.25) is 0 Å². The Hall–Kier alpha value is -2.24. The summed E-state index contributed by atoms with van der Waals surface area (Å²) in [7, 11) is 3.73. The van der Waals surface area contributed by atoms with Gasteiger partial charge in [-0.1, -0.05) is 5.11 Å². The van der Waals surface area contributed by atoms with E-state index in [0.29, 0.717) is 5.95 Å². The fraction of sp³-hybridized carbons (Fsp3) is 0.200. The molecule has 0 aliphatic heterocycles. The monoisotopic (exact) mass is 217 g/mol. The number of anilines is 1. The van der Waals surface area contributed by atoms with Gasteiger partial charge in [-0.2, -0.15) is 0 Å². The van der Waals surface area contributed by atoms with Crippen LogP contribution in [-0.2, 0) is 7.05 Å². The molecule has 0 saturated heterocycles. The zero-order chi connectivity index (χ0) is 11.4. The summed E-state index contributed by atoms with van der Waals surface area (Å²) in [6, 6.07) is 7.68. The van der Waals surface area contributed by atoms with Crippen LogP contribution in [0.15, 0.2) is 40.8 Å². The number of hydrogen-bond acceptors (Lipinski definition) is 4. The molecule has 82 valence electrons. The summed E-state index contributed by atoms with van der Waals surface area (Å²) in [5.41, 5.74) is 1.85. The first-order chi connectivity index (χ1) is 7.79. The number of nitrogens with zero attached hydrogens (tertiary/aromatic N) is 4. The average Bonchev–Trinajstić information content (AvgIpc) is 2.73. The fourth-order valence-corrected chi connectivity index (χ4v) is 1.20. The second-order valence-corrected chi connectivity index (χ2v) is 3.29. The summed E-state index contributed by atoms with van der Waals surface area (Å²) in [4.78, 5) is 0. The number of rotatable bonds is 3. The van der Waals surface area contributed by atoms with Crippen LogP contribution in [0.1, 0.15) is 0 Å². The molecule has 0 aliphatic carbocycles. The van der Waals surface area contributed by atoms with E-state index in [1.165, 1.54) is 0 Å². The number of azo groups is 1. The lowest BCUT2D eigenvalue weighted by molar-refractivity contribution is -0.658. The third kappa shape index (κ3) is 2.22. The highest BCUT2D eigenvalue weighted by molar-refractivity contribution is 5.50. The molecule has 0 amide bonds. The second-order valence-electron chi connectivity index (χ2n) is 3.29. The van der Waals surface area contributed by atoms with Crippen molar-refractivity contribution in [3.05, 3.63) is 30.6 Å². The zero-order valence-corrected chi connectivity index (χ0v) is 9.18. The van der Waals surface area contributed by atoms with E-state index in [1.807, 2.05) is 38.4 Å². The highest BCUT2D eigenvalue weighted by atomic mass is 15.3. The fourth-order valence-electron chi connectivity index (χ4n) is 1.20. The largest absolute Gasteiger partial charge is 0.401 e. The Balaban J connectivity index is 2.14. The number of H-pyrrole nitrogens is 1. The molecule has 1 aromatic carbocycles. The van der Waals surface area contributed by atoms with E-state index >= 15 is 0 Å². The van der Waals surface area contributed by atoms with Gasteiger partial charge in [0.1, 0.15) is 0 Å². The molecule has 0 spiro atoms. The van der Waals surface area contributed by atoms with E-state index in [9.17, 15) is 0 Å². The predicted octanol–water partition coefficient (Wildman–Crippen LogP) is 1.69. The minimum atomic E-state index is 0.609. The Morgan fingerprint density at radius 2 is 2.00 bits per heavy atom. The maximum Gasteiger partial charge on any atom is 0.401 e. The van der Waals surface area contributed by atoms with Gasteiger partial charge in [-0.15, -0.1) is 5.10 Å². The molecule has 6 nitrogen and oxygen atoms in total. The van der Waals surface area contributed by atoms with E-state index in [4.69, 9.17) is 0 Å². The van der Waals surface area contributed by atoms with Crippen LogP contribution in [0.2, 0.25) is 0 Å². The van der Waals surface area contributed by atoms with E-state index in [0.717, 1.165) is 11.4 Å². The normalized spacial score (nSPS) is 10.9. The molecule has 2 rings (SSSR count). The van der Waals surface area contributed by atoms with Gasteiger partial charge in [0.15, 0.2) is 0 Å². The Morgan fingerprint density at radius 3 is 2.56 bits per heavy atom. The number of nitrogens with one attached hydrogen (secondary N) is 2. The van der Waals surface area contributed by atoms with Crippen molar-refractivity contribution in [1.29, 1.82) is 0 Å². The summed E-state index contributed by atoms with van der Waals surface area (Å²) >= 11 is 0. The van der Waals surface area contributed by atoms with Gasteiger partial charge >= 0.3 is 5.95 Å². The van der Waals surface area contributed by atoms with E-state index in [2.05, 4.69) is 25.7 Å². The van der Waals surface area contributed by atoms with Crippen molar-refractivity contribution < 1.29 is 4.57 Å². The molecule has 6 heteroatoms. The molecule has 16 heavy (non-hydrogen) atoms. The van der Waals surface area contributed by atoms with Gasteiger partial charge < -0.3 is 5.32 Å². The smallest absolute Gasteiger partial charge is 0.388 e. The molecule has 0 saturated carbocycles. The molecule has 2 aromatic rings. The molecule has 0 aliphatic rings. The lowest BCUT2D eigenvalue weighted by atomic mass is 10.3. The van der Waals surface area contributed by atoms with Crippen molar-refractivity contribution in [2.45, 2.75) is 0 Å². The average molecular weight is 217 g/mol. The Morgan fingerprint density at radius 1 is 1.25 bits per heavy atom. The standard InChI is InChI=1S/C10H12N6/c1-11-8-3-5-9(6-4-8)13-15-10-14-12-7-16(10)2/h3-7H,1-2H3,(H,11,14,15)/p+1. The molecular formula is C10H13N6+. The minimum absolute atomic E-state index is 0.609. The highest BCUT2D eigenvalue weighted by Crippen LogP contribution is 2.17. The topological polar surface area (TPSA) is 69.3 Å². The summed E-state index contributed by atoms with van der Waals surface area (Å²) in [6.45, 7) is 0. The molecule has 0 radical (unpaired) electrons. The SMILES string of the molecule is CNc1ccc(N=Nc2[nH]nc[n+]2C)cc1. The lowest BCUT2D eigenvalue weighted by Crippen LogP contribution is -2.24. The van der Waals surface area contributed by atoms with Crippen LogP contribution in [0.3, 0.4) is 0 Å². The van der Waals surface area contributed by atoms with Gasteiger partial charge in [0.2, 0.25) is 6.33 Å². The van der Waals surface area contributed by atoms with Crippen LogP contribution in [0, 0.1) is 0 Å². The second kappa shape index (κ2) is 4.52.